The minimum Gasteiger partial charge on any atom is -0.488 e. The van der Waals surface area contributed by atoms with E-state index < -0.39 is 17.8 Å². The largest absolute Gasteiger partial charge is 0.488 e. The van der Waals surface area contributed by atoms with E-state index in [0.29, 0.717) is 23.4 Å². The number of aliphatic hydroxyl groups is 1. The van der Waals surface area contributed by atoms with Crippen molar-refractivity contribution in [1.29, 1.82) is 0 Å². The van der Waals surface area contributed by atoms with Crippen molar-refractivity contribution in [3.8, 4) is 16.9 Å². The van der Waals surface area contributed by atoms with Crippen LogP contribution in [0.15, 0.2) is 60.8 Å². The topological polar surface area (TPSA) is 124 Å². The number of pyridine rings is 1. The first-order valence-electron chi connectivity index (χ1n) is 12.9. The number of anilines is 1. The molecule has 2 atom stereocenters. The molecule has 39 heavy (non-hydrogen) atoms. The lowest BCUT2D eigenvalue weighted by Crippen LogP contribution is -2.45. The van der Waals surface area contributed by atoms with Crippen molar-refractivity contribution in [3.63, 3.8) is 0 Å². The Kier molecular flexibility index (Phi) is 8.40. The van der Waals surface area contributed by atoms with Gasteiger partial charge in [-0.1, -0.05) is 24.3 Å². The zero-order chi connectivity index (χ0) is 28.2. The molecule has 0 fully saturated rings. The van der Waals surface area contributed by atoms with Gasteiger partial charge < -0.3 is 30.0 Å². The summed E-state index contributed by atoms with van der Waals surface area (Å²) < 4.78 is 16.7. The van der Waals surface area contributed by atoms with E-state index in [4.69, 9.17) is 19.9 Å². The molecule has 0 radical (unpaired) electrons. The number of hydrogen-bond acceptors (Lipinski definition) is 8. The van der Waals surface area contributed by atoms with Crippen LogP contribution in [-0.2, 0) is 15.9 Å². The van der Waals surface area contributed by atoms with Crippen LogP contribution in [0.25, 0.3) is 11.1 Å². The summed E-state index contributed by atoms with van der Waals surface area (Å²) in [6.07, 6.45) is 1.15. The van der Waals surface area contributed by atoms with Gasteiger partial charge in [0.15, 0.2) is 0 Å². The second kappa shape index (κ2) is 11.7. The van der Waals surface area contributed by atoms with E-state index >= 15 is 0 Å². The molecule has 3 N–H and O–H groups in total. The van der Waals surface area contributed by atoms with Gasteiger partial charge in [-0.05, 0) is 80.6 Å². The van der Waals surface area contributed by atoms with Gasteiger partial charge in [0.1, 0.15) is 23.3 Å². The zero-order valence-electron chi connectivity index (χ0n) is 22.7. The number of esters is 1. The van der Waals surface area contributed by atoms with Gasteiger partial charge in [0.2, 0.25) is 0 Å². The monoisotopic (exact) mass is 533 g/mol. The Balaban J connectivity index is 1.48. The molecule has 0 bridgehead atoms. The Hall–Kier alpha value is -4.11. The number of fused-ring (bicyclic) bond motifs is 1. The van der Waals surface area contributed by atoms with Crippen LogP contribution in [0.5, 0.6) is 5.75 Å². The van der Waals surface area contributed by atoms with E-state index in [9.17, 15) is 14.7 Å². The number of carbonyl (C=O) groups is 2. The fourth-order valence-electron chi connectivity index (χ4n) is 4.42. The lowest BCUT2D eigenvalue weighted by Gasteiger charge is -2.33. The van der Waals surface area contributed by atoms with E-state index in [0.717, 1.165) is 28.9 Å². The van der Waals surface area contributed by atoms with Gasteiger partial charge in [0.25, 0.3) is 0 Å². The molecule has 0 saturated heterocycles. The zero-order valence-corrected chi connectivity index (χ0v) is 22.7. The predicted octanol–water partition coefficient (Wildman–Crippen LogP) is 4.78. The number of nitrogen functional groups attached to an aromatic ring is 1. The molecule has 2 heterocycles. The number of nitrogens with two attached hydrogens (primary N) is 1. The van der Waals surface area contributed by atoms with Crippen molar-refractivity contribution >= 4 is 17.9 Å². The maximum absolute atomic E-state index is 13.1. The molecule has 0 saturated carbocycles. The minimum atomic E-state index is -0.968. The Morgan fingerprint density at radius 1 is 1.15 bits per heavy atom. The number of aromatic nitrogens is 1. The fourth-order valence-corrected chi connectivity index (χ4v) is 4.42. The van der Waals surface area contributed by atoms with Crippen molar-refractivity contribution in [2.75, 3.05) is 25.9 Å². The number of amides is 1. The Labute approximate surface area is 228 Å². The first kappa shape index (κ1) is 27.9. The SMILES string of the molecule is COC(=O)c1cccc(-c2ccc3c(c2)CCC(CN(CC(O)c2ccc(N)nc2)C(=O)OC(C)(C)C)O3)c1. The number of ether oxygens (including phenoxy) is 3. The summed E-state index contributed by atoms with van der Waals surface area (Å²) >= 11 is 0. The van der Waals surface area contributed by atoms with E-state index in [1.807, 2.05) is 24.3 Å². The van der Waals surface area contributed by atoms with E-state index in [-0.39, 0.29) is 25.2 Å². The maximum Gasteiger partial charge on any atom is 0.410 e. The number of hydrogen-bond donors (Lipinski definition) is 2. The summed E-state index contributed by atoms with van der Waals surface area (Å²) in [5.41, 5.74) is 8.94. The molecule has 0 spiro atoms. The molecular weight excluding hydrogens is 498 g/mol. The molecule has 9 heteroatoms. The summed E-state index contributed by atoms with van der Waals surface area (Å²) in [5, 5.41) is 10.8. The van der Waals surface area contributed by atoms with Gasteiger partial charge in [-0.15, -0.1) is 0 Å². The van der Waals surface area contributed by atoms with Crippen LogP contribution in [-0.4, -0.2) is 59.0 Å². The van der Waals surface area contributed by atoms with Crippen LogP contribution >= 0.6 is 0 Å². The summed E-state index contributed by atoms with van der Waals surface area (Å²) in [5.74, 6) is 0.711. The molecular formula is C30H35N3O6. The van der Waals surface area contributed by atoms with Crippen LogP contribution in [0, 0.1) is 0 Å². The highest BCUT2D eigenvalue weighted by Crippen LogP contribution is 2.33. The molecule has 1 aliphatic rings. The molecule has 2 aromatic carbocycles. The molecule has 2 unspecified atom stereocenters. The second-order valence-corrected chi connectivity index (χ2v) is 10.6. The van der Waals surface area contributed by atoms with E-state index in [1.54, 1.807) is 45.0 Å². The third-order valence-electron chi connectivity index (χ3n) is 6.37. The quantitative estimate of drug-likeness (QED) is 0.416. The first-order valence-corrected chi connectivity index (χ1v) is 12.9. The van der Waals surface area contributed by atoms with Gasteiger partial charge >= 0.3 is 12.1 Å². The van der Waals surface area contributed by atoms with Gasteiger partial charge in [-0.25, -0.2) is 14.6 Å². The van der Waals surface area contributed by atoms with E-state index in [2.05, 4.69) is 11.1 Å². The van der Waals surface area contributed by atoms with Gasteiger partial charge in [-0.3, -0.25) is 0 Å². The molecule has 1 aromatic heterocycles. The van der Waals surface area contributed by atoms with Crippen LogP contribution in [0.2, 0.25) is 0 Å². The standard InChI is InChI=1S/C30H35N3O6/c1-30(2,3)39-29(36)33(18-25(34)23-10-13-27(31)32-16-23)17-24-11-8-21-14-20(9-12-26(21)38-24)19-6-5-7-22(15-19)28(35)37-4/h5-7,9-10,12-16,24-25,34H,8,11,17-18H2,1-4H3,(H2,31,32). The smallest absolute Gasteiger partial charge is 0.410 e. The first-order chi connectivity index (χ1) is 18.5. The number of carbonyl (C=O) groups excluding carboxylic acids is 2. The summed E-state index contributed by atoms with van der Waals surface area (Å²) in [6, 6.07) is 16.5. The van der Waals surface area contributed by atoms with Gasteiger partial charge in [0, 0.05) is 11.8 Å². The van der Waals surface area contributed by atoms with Crippen LogP contribution in [0.1, 0.15) is 54.8 Å². The Morgan fingerprint density at radius 3 is 2.62 bits per heavy atom. The average molecular weight is 534 g/mol. The molecule has 9 nitrogen and oxygen atoms in total. The average Bonchev–Trinajstić information content (AvgIpc) is 2.91. The predicted molar refractivity (Wildman–Crippen MR) is 147 cm³/mol. The lowest BCUT2D eigenvalue weighted by atomic mass is 9.96. The number of methoxy groups -OCH3 is 1. The third kappa shape index (κ3) is 7.26. The van der Waals surface area contributed by atoms with Crippen molar-refractivity contribution in [2.45, 2.75) is 51.4 Å². The molecule has 0 aliphatic carbocycles. The van der Waals surface area contributed by atoms with Crippen LogP contribution < -0.4 is 10.5 Å². The number of aliphatic hydroxyl groups excluding tert-OH is 1. The number of aryl methyl sites for hydroxylation is 1. The fraction of sp³-hybridized carbons (Fsp3) is 0.367. The van der Waals surface area contributed by atoms with Crippen molar-refractivity contribution in [1.82, 2.24) is 9.88 Å². The van der Waals surface area contributed by atoms with Crippen molar-refractivity contribution < 1.29 is 28.9 Å². The Bertz CT molecular complexity index is 1320. The number of nitrogens with zero attached hydrogens (tertiary/aromatic N) is 2. The molecule has 206 valence electrons. The van der Waals surface area contributed by atoms with Crippen LogP contribution in [0.4, 0.5) is 10.6 Å². The summed E-state index contributed by atoms with van der Waals surface area (Å²) in [6.45, 7) is 5.67. The summed E-state index contributed by atoms with van der Waals surface area (Å²) in [7, 11) is 1.36. The molecule has 4 rings (SSSR count). The van der Waals surface area contributed by atoms with Crippen LogP contribution in [0.3, 0.4) is 0 Å². The lowest BCUT2D eigenvalue weighted by molar-refractivity contribution is 0.00365. The molecule has 1 aliphatic heterocycles. The third-order valence-corrected chi connectivity index (χ3v) is 6.37. The second-order valence-electron chi connectivity index (χ2n) is 10.6. The number of benzene rings is 2. The normalized spacial score (nSPS) is 15.5. The summed E-state index contributed by atoms with van der Waals surface area (Å²) in [4.78, 5) is 30.5. The highest BCUT2D eigenvalue weighted by molar-refractivity contribution is 5.91. The van der Waals surface area contributed by atoms with E-state index in [1.165, 1.54) is 18.2 Å². The minimum absolute atomic E-state index is 0.0166. The highest BCUT2D eigenvalue weighted by Gasteiger charge is 2.30. The van der Waals surface area contributed by atoms with Crippen molar-refractivity contribution in [2.24, 2.45) is 0 Å². The maximum atomic E-state index is 13.1. The number of rotatable bonds is 7. The van der Waals surface area contributed by atoms with Crippen molar-refractivity contribution in [3.05, 3.63) is 77.5 Å². The van der Waals surface area contributed by atoms with Gasteiger partial charge in [0.05, 0.1) is 31.9 Å². The Morgan fingerprint density at radius 2 is 1.92 bits per heavy atom. The van der Waals surface area contributed by atoms with Gasteiger partial charge in [-0.2, -0.15) is 0 Å². The highest BCUT2D eigenvalue weighted by atomic mass is 16.6. The molecule has 1 amide bonds. The molecule has 3 aromatic rings.